The van der Waals surface area contributed by atoms with Crippen molar-refractivity contribution >= 4 is 17.4 Å². The molecule has 0 aliphatic carbocycles. The van der Waals surface area contributed by atoms with Gasteiger partial charge < -0.3 is 14.8 Å². The van der Waals surface area contributed by atoms with Crippen molar-refractivity contribution in [3.05, 3.63) is 67.3 Å². The fourth-order valence-electron chi connectivity index (χ4n) is 3.48. The van der Waals surface area contributed by atoms with Gasteiger partial charge in [-0.3, -0.25) is 9.20 Å². The predicted molar refractivity (Wildman–Crippen MR) is 102 cm³/mol. The number of rotatable bonds is 4. The van der Waals surface area contributed by atoms with Gasteiger partial charge in [0.05, 0.1) is 0 Å². The molecule has 1 fully saturated rings. The summed E-state index contributed by atoms with van der Waals surface area (Å²) in [7, 11) is 0. The number of nitrogens with one attached hydrogen (secondary N) is 1. The number of imidazole rings is 1. The lowest BCUT2D eigenvalue weighted by molar-refractivity contribution is 0.0936. The number of amides is 1. The van der Waals surface area contributed by atoms with Gasteiger partial charge in [-0.25, -0.2) is 9.97 Å². The van der Waals surface area contributed by atoms with Crippen LogP contribution < -0.4 is 10.2 Å². The summed E-state index contributed by atoms with van der Waals surface area (Å²) in [5.41, 5.74) is 2.09. The Hall–Kier alpha value is -3.75. The van der Waals surface area contributed by atoms with Gasteiger partial charge in [0.1, 0.15) is 18.3 Å². The van der Waals surface area contributed by atoms with Crippen LogP contribution in [0.1, 0.15) is 16.9 Å². The number of hydrogen-bond donors (Lipinski definition) is 1. The minimum Gasteiger partial charge on any atom is -0.351 e. The van der Waals surface area contributed by atoms with Crippen molar-refractivity contribution in [1.29, 1.82) is 0 Å². The summed E-state index contributed by atoms with van der Waals surface area (Å²) in [6.07, 6.45) is 9.43. The standard InChI is InChI=1S/C19H18N8O/c28-19(16-11-27(12-21-16)15-4-2-1-3-5-15)23-14-6-8-25(10-14)17-18-24-22-13-26(18)9-7-20-17/h1-5,7,9,11-14H,6,8,10H2,(H,23,28). The molecule has 1 aliphatic heterocycles. The van der Waals surface area contributed by atoms with Crippen LogP contribution in [0.4, 0.5) is 5.82 Å². The summed E-state index contributed by atoms with van der Waals surface area (Å²) in [5.74, 6) is 0.611. The molecule has 0 saturated carbocycles. The smallest absolute Gasteiger partial charge is 0.271 e. The zero-order valence-electron chi connectivity index (χ0n) is 15.0. The summed E-state index contributed by atoms with van der Waals surface area (Å²) in [4.78, 5) is 23.4. The van der Waals surface area contributed by atoms with Gasteiger partial charge in [-0.2, -0.15) is 0 Å². The highest BCUT2D eigenvalue weighted by Crippen LogP contribution is 2.21. The van der Waals surface area contributed by atoms with Gasteiger partial charge in [0, 0.05) is 43.4 Å². The van der Waals surface area contributed by atoms with Crippen LogP contribution in [-0.2, 0) is 0 Å². The third-order valence-electron chi connectivity index (χ3n) is 4.89. The van der Waals surface area contributed by atoms with E-state index in [2.05, 4.69) is 30.4 Å². The largest absolute Gasteiger partial charge is 0.351 e. The SMILES string of the molecule is O=C(NC1CCN(c2nccn3cnnc23)C1)c1cn(-c2ccccc2)cn1. The van der Waals surface area contributed by atoms with Gasteiger partial charge in [-0.05, 0) is 18.6 Å². The monoisotopic (exact) mass is 374 g/mol. The normalized spacial score (nSPS) is 16.6. The number of aromatic nitrogens is 6. The summed E-state index contributed by atoms with van der Waals surface area (Å²) in [5, 5.41) is 11.1. The highest BCUT2D eigenvalue weighted by molar-refractivity contribution is 5.92. The maximum absolute atomic E-state index is 12.6. The zero-order valence-corrected chi connectivity index (χ0v) is 15.0. The van der Waals surface area contributed by atoms with E-state index in [0.29, 0.717) is 12.2 Å². The molecule has 0 spiro atoms. The van der Waals surface area contributed by atoms with E-state index in [1.54, 1.807) is 25.0 Å². The molecule has 1 N–H and O–H groups in total. The Kier molecular flexibility index (Phi) is 3.97. The molecular formula is C19H18N8O. The van der Waals surface area contributed by atoms with Crippen molar-refractivity contribution < 1.29 is 4.79 Å². The number of para-hydroxylation sites is 1. The number of hydrogen-bond acceptors (Lipinski definition) is 6. The quantitative estimate of drug-likeness (QED) is 0.579. The van der Waals surface area contributed by atoms with E-state index in [4.69, 9.17) is 0 Å². The number of nitrogens with zero attached hydrogens (tertiary/aromatic N) is 7. The molecule has 9 nitrogen and oxygen atoms in total. The second kappa shape index (κ2) is 6.76. The Bertz CT molecular complexity index is 1120. The lowest BCUT2D eigenvalue weighted by Gasteiger charge is -2.17. The molecule has 1 aromatic carbocycles. The van der Waals surface area contributed by atoms with E-state index in [9.17, 15) is 4.79 Å². The van der Waals surface area contributed by atoms with Crippen LogP contribution in [0.25, 0.3) is 11.3 Å². The topological polar surface area (TPSA) is 93.2 Å². The third kappa shape index (κ3) is 2.96. The van der Waals surface area contributed by atoms with Crippen LogP contribution in [-0.4, -0.2) is 54.2 Å². The fourth-order valence-corrected chi connectivity index (χ4v) is 3.48. The molecule has 1 aliphatic rings. The van der Waals surface area contributed by atoms with Gasteiger partial charge in [0.15, 0.2) is 5.82 Å². The van der Waals surface area contributed by atoms with E-state index in [1.165, 1.54) is 0 Å². The Balaban J connectivity index is 1.27. The van der Waals surface area contributed by atoms with Gasteiger partial charge in [-0.1, -0.05) is 18.2 Å². The second-order valence-electron chi connectivity index (χ2n) is 6.72. The van der Waals surface area contributed by atoms with Gasteiger partial charge >= 0.3 is 0 Å². The highest BCUT2D eigenvalue weighted by Gasteiger charge is 2.27. The molecule has 4 aromatic rings. The van der Waals surface area contributed by atoms with Gasteiger partial charge in [0.25, 0.3) is 5.91 Å². The van der Waals surface area contributed by atoms with Crippen LogP contribution in [0.3, 0.4) is 0 Å². The zero-order chi connectivity index (χ0) is 18.9. The number of carbonyl (C=O) groups is 1. The lowest BCUT2D eigenvalue weighted by atomic mass is 10.2. The molecule has 1 atom stereocenters. The maximum atomic E-state index is 12.6. The average molecular weight is 374 g/mol. The average Bonchev–Trinajstić information content (AvgIpc) is 3.48. The Labute approximate surface area is 160 Å². The molecule has 0 bridgehead atoms. The number of fused-ring (bicyclic) bond motifs is 1. The fraction of sp³-hybridized carbons (Fsp3) is 0.211. The van der Waals surface area contributed by atoms with E-state index in [0.717, 1.165) is 30.1 Å². The lowest BCUT2D eigenvalue weighted by Crippen LogP contribution is -2.37. The van der Waals surface area contributed by atoms with Gasteiger partial charge in [0.2, 0.25) is 5.65 Å². The molecule has 140 valence electrons. The molecule has 28 heavy (non-hydrogen) atoms. The Morgan fingerprint density at radius 1 is 1.14 bits per heavy atom. The van der Waals surface area contributed by atoms with Crippen molar-refractivity contribution in [2.24, 2.45) is 0 Å². The van der Waals surface area contributed by atoms with Crippen LogP contribution in [0, 0.1) is 0 Å². The summed E-state index contributed by atoms with van der Waals surface area (Å²) in [6.45, 7) is 1.47. The minimum absolute atomic E-state index is 0.0272. The molecule has 9 heteroatoms. The molecule has 1 amide bonds. The van der Waals surface area contributed by atoms with E-state index >= 15 is 0 Å². The van der Waals surface area contributed by atoms with Gasteiger partial charge in [-0.15, -0.1) is 10.2 Å². The first-order valence-electron chi connectivity index (χ1n) is 9.07. The van der Waals surface area contributed by atoms with Crippen molar-refractivity contribution in [2.75, 3.05) is 18.0 Å². The van der Waals surface area contributed by atoms with Crippen LogP contribution in [0.5, 0.6) is 0 Å². The highest BCUT2D eigenvalue weighted by atomic mass is 16.2. The molecule has 3 aromatic heterocycles. The van der Waals surface area contributed by atoms with Crippen molar-refractivity contribution in [3.8, 4) is 5.69 Å². The second-order valence-corrected chi connectivity index (χ2v) is 6.72. The number of carbonyl (C=O) groups excluding carboxylic acids is 1. The van der Waals surface area contributed by atoms with E-state index in [1.807, 2.05) is 45.5 Å². The number of benzene rings is 1. The maximum Gasteiger partial charge on any atom is 0.271 e. The molecule has 1 unspecified atom stereocenters. The van der Waals surface area contributed by atoms with Crippen LogP contribution >= 0.6 is 0 Å². The predicted octanol–water partition coefficient (Wildman–Crippen LogP) is 1.32. The minimum atomic E-state index is -0.171. The first-order chi connectivity index (χ1) is 13.8. The van der Waals surface area contributed by atoms with E-state index in [-0.39, 0.29) is 11.9 Å². The van der Waals surface area contributed by atoms with E-state index < -0.39 is 0 Å². The Morgan fingerprint density at radius 3 is 2.93 bits per heavy atom. The van der Waals surface area contributed by atoms with Crippen LogP contribution in [0.2, 0.25) is 0 Å². The number of anilines is 1. The molecule has 0 radical (unpaired) electrons. The Morgan fingerprint density at radius 2 is 2.04 bits per heavy atom. The van der Waals surface area contributed by atoms with Crippen molar-refractivity contribution in [1.82, 2.24) is 34.4 Å². The summed E-state index contributed by atoms with van der Waals surface area (Å²) in [6, 6.07) is 9.82. The first kappa shape index (κ1) is 16.4. The summed E-state index contributed by atoms with van der Waals surface area (Å²) < 4.78 is 3.68. The molecule has 1 saturated heterocycles. The van der Waals surface area contributed by atoms with Crippen LogP contribution in [0.15, 0.2) is 61.6 Å². The molecular weight excluding hydrogens is 356 g/mol. The first-order valence-corrected chi connectivity index (χ1v) is 9.07. The molecule has 5 rings (SSSR count). The third-order valence-corrected chi connectivity index (χ3v) is 4.89. The summed E-state index contributed by atoms with van der Waals surface area (Å²) >= 11 is 0. The molecule has 4 heterocycles. The van der Waals surface area contributed by atoms with Crippen molar-refractivity contribution in [2.45, 2.75) is 12.5 Å². The van der Waals surface area contributed by atoms with Crippen molar-refractivity contribution in [3.63, 3.8) is 0 Å².